The Morgan fingerprint density at radius 2 is 2.08 bits per heavy atom. The number of hydrogen-bond acceptors (Lipinski definition) is 4. The lowest BCUT2D eigenvalue weighted by Gasteiger charge is -1.96. The topological polar surface area (TPSA) is 38.9 Å². The molecule has 1 heterocycles. The van der Waals surface area contributed by atoms with Crippen molar-refractivity contribution in [2.24, 2.45) is 0 Å². The largest absolute Gasteiger partial charge is 0.243 e. The van der Waals surface area contributed by atoms with Crippen molar-refractivity contribution in [2.75, 3.05) is 0 Å². The minimum Gasteiger partial charge on any atom is -0.243 e. The SMILES string of the molecule is c1ccc(CSc2cnon2)cc1. The van der Waals surface area contributed by atoms with Crippen LogP contribution in [0.1, 0.15) is 5.56 Å². The Bertz CT molecular complexity index is 347. The highest BCUT2D eigenvalue weighted by Gasteiger charge is 1.98. The van der Waals surface area contributed by atoms with Crippen molar-refractivity contribution in [3.05, 3.63) is 42.1 Å². The minimum atomic E-state index is 0.823. The molecule has 0 bridgehead atoms. The maximum absolute atomic E-state index is 4.48. The van der Waals surface area contributed by atoms with Crippen molar-refractivity contribution in [3.63, 3.8) is 0 Å². The van der Waals surface area contributed by atoms with Crippen molar-refractivity contribution in [2.45, 2.75) is 10.8 Å². The molecule has 0 radical (unpaired) electrons. The fourth-order valence-electron chi connectivity index (χ4n) is 0.951. The molecule has 2 rings (SSSR count). The first-order valence-electron chi connectivity index (χ1n) is 3.89. The van der Waals surface area contributed by atoms with E-state index in [0.29, 0.717) is 0 Å². The molecule has 0 fully saturated rings. The number of nitrogens with zero attached hydrogens (tertiary/aromatic N) is 2. The summed E-state index contributed by atoms with van der Waals surface area (Å²) in [6, 6.07) is 10.2. The van der Waals surface area contributed by atoms with Crippen LogP contribution in [0.5, 0.6) is 0 Å². The third-order valence-electron chi connectivity index (χ3n) is 1.57. The molecule has 1 aromatic heterocycles. The van der Waals surface area contributed by atoms with E-state index in [2.05, 4.69) is 27.1 Å². The van der Waals surface area contributed by atoms with Gasteiger partial charge in [0.05, 0.1) is 0 Å². The molecule has 1 aromatic carbocycles. The third-order valence-corrected chi connectivity index (χ3v) is 2.52. The Hall–Kier alpha value is -1.29. The molecule has 0 saturated carbocycles. The van der Waals surface area contributed by atoms with Gasteiger partial charge in [0.25, 0.3) is 0 Å². The van der Waals surface area contributed by atoms with E-state index in [1.165, 1.54) is 5.56 Å². The standard InChI is InChI=1S/C9H8N2OS/c1-2-4-8(5-3-1)7-13-9-6-10-12-11-9/h1-6H,7H2. The van der Waals surface area contributed by atoms with Gasteiger partial charge in [0.1, 0.15) is 6.20 Å². The minimum absolute atomic E-state index is 0.823. The number of hydrogen-bond donors (Lipinski definition) is 0. The summed E-state index contributed by atoms with van der Waals surface area (Å²) in [6.45, 7) is 0. The van der Waals surface area contributed by atoms with E-state index in [4.69, 9.17) is 0 Å². The third kappa shape index (κ3) is 2.32. The van der Waals surface area contributed by atoms with Gasteiger partial charge in [0.15, 0.2) is 5.03 Å². The lowest BCUT2D eigenvalue weighted by Crippen LogP contribution is -1.78. The summed E-state index contributed by atoms with van der Waals surface area (Å²) in [6.07, 6.45) is 1.62. The van der Waals surface area contributed by atoms with E-state index in [-0.39, 0.29) is 0 Å². The number of rotatable bonds is 3. The quantitative estimate of drug-likeness (QED) is 0.700. The van der Waals surface area contributed by atoms with Gasteiger partial charge in [-0.1, -0.05) is 47.3 Å². The van der Waals surface area contributed by atoms with Crippen molar-refractivity contribution < 1.29 is 4.63 Å². The highest BCUT2D eigenvalue weighted by atomic mass is 32.2. The van der Waals surface area contributed by atoms with Crippen LogP contribution in [0.15, 0.2) is 46.2 Å². The molecule has 2 aromatic rings. The van der Waals surface area contributed by atoms with Crippen LogP contribution in [0.2, 0.25) is 0 Å². The summed E-state index contributed by atoms with van der Waals surface area (Å²) in [7, 11) is 0. The number of benzene rings is 1. The Morgan fingerprint density at radius 1 is 1.23 bits per heavy atom. The summed E-state index contributed by atoms with van der Waals surface area (Å²) < 4.78 is 4.48. The molecule has 13 heavy (non-hydrogen) atoms. The summed E-state index contributed by atoms with van der Waals surface area (Å²) in [4.78, 5) is 0. The Balaban J connectivity index is 1.94. The fraction of sp³-hybridized carbons (Fsp3) is 0.111. The zero-order valence-electron chi connectivity index (χ0n) is 6.88. The number of thioether (sulfide) groups is 1. The van der Waals surface area contributed by atoms with Crippen LogP contribution in [0, 0.1) is 0 Å². The molecular weight excluding hydrogens is 184 g/mol. The van der Waals surface area contributed by atoms with Gasteiger partial charge in [0, 0.05) is 5.75 Å². The molecule has 0 aliphatic rings. The van der Waals surface area contributed by atoms with E-state index in [1.54, 1.807) is 18.0 Å². The van der Waals surface area contributed by atoms with Crippen molar-refractivity contribution in [1.29, 1.82) is 0 Å². The Kier molecular flexibility index (Phi) is 2.62. The lowest BCUT2D eigenvalue weighted by molar-refractivity contribution is 0.298. The van der Waals surface area contributed by atoms with Crippen LogP contribution in [0.3, 0.4) is 0 Å². The Labute approximate surface area is 80.1 Å². The lowest BCUT2D eigenvalue weighted by atomic mass is 10.2. The molecule has 3 nitrogen and oxygen atoms in total. The average Bonchev–Trinajstić information content (AvgIpc) is 2.69. The maximum Gasteiger partial charge on any atom is 0.161 e. The van der Waals surface area contributed by atoms with Gasteiger partial charge in [0.2, 0.25) is 0 Å². The zero-order chi connectivity index (χ0) is 8.93. The van der Waals surface area contributed by atoms with Gasteiger partial charge in [-0.15, -0.1) is 0 Å². The molecule has 0 saturated heterocycles. The van der Waals surface area contributed by atoms with Crippen molar-refractivity contribution in [1.82, 2.24) is 10.3 Å². The highest BCUT2D eigenvalue weighted by molar-refractivity contribution is 7.98. The van der Waals surface area contributed by atoms with Crippen LogP contribution >= 0.6 is 11.8 Å². The highest BCUT2D eigenvalue weighted by Crippen LogP contribution is 2.19. The monoisotopic (exact) mass is 192 g/mol. The second-order valence-corrected chi connectivity index (χ2v) is 3.52. The molecular formula is C9H8N2OS. The van der Waals surface area contributed by atoms with E-state index in [0.717, 1.165) is 10.8 Å². The van der Waals surface area contributed by atoms with E-state index in [1.807, 2.05) is 18.2 Å². The molecule has 0 aliphatic heterocycles. The maximum atomic E-state index is 4.48. The molecule has 0 amide bonds. The van der Waals surface area contributed by atoms with Gasteiger partial charge in [-0.05, 0) is 10.7 Å². The van der Waals surface area contributed by atoms with Gasteiger partial charge in [-0.3, -0.25) is 0 Å². The van der Waals surface area contributed by atoms with Gasteiger partial charge in [-0.25, -0.2) is 4.63 Å². The molecule has 0 atom stereocenters. The normalized spacial score (nSPS) is 10.2. The fourth-order valence-corrected chi connectivity index (χ4v) is 1.66. The Morgan fingerprint density at radius 3 is 2.77 bits per heavy atom. The molecule has 0 N–H and O–H groups in total. The van der Waals surface area contributed by atoms with E-state index < -0.39 is 0 Å². The first-order valence-corrected chi connectivity index (χ1v) is 4.88. The predicted octanol–water partition coefficient (Wildman–Crippen LogP) is 2.36. The van der Waals surface area contributed by atoms with Crippen LogP contribution < -0.4 is 0 Å². The summed E-state index contributed by atoms with van der Waals surface area (Å²) in [5.41, 5.74) is 1.27. The first kappa shape index (κ1) is 8.31. The summed E-state index contributed by atoms with van der Waals surface area (Å²) >= 11 is 1.61. The molecule has 0 aliphatic carbocycles. The summed E-state index contributed by atoms with van der Waals surface area (Å²) in [5.74, 6) is 0.898. The van der Waals surface area contributed by atoms with Gasteiger partial charge >= 0.3 is 0 Å². The molecule has 4 heteroatoms. The van der Waals surface area contributed by atoms with Gasteiger partial charge in [-0.2, -0.15) is 0 Å². The van der Waals surface area contributed by atoms with Crippen molar-refractivity contribution >= 4 is 11.8 Å². The average molecular weight is 192 g/mol. The van der Waals surface area contributed by atoms with Crippen LogP contribution in [-0.2, 0) is 5.75 Å². The number of aromatic nitrogens is 2. The smallest absolute Gasteiger partial charge is 0.161 e. The van der Waals surface area contributed by atoms with E-state index in [9.17, 15) is 0 Å². The second kappa shape index (κ2) is 4.09. The van der Waals surface area contributed by atoms with Crippen molar-refractivity contribution in [3.8, 4) is 0 Å². The molecule has 0 spiro atoms. The second-order valence-electron chi connectivity index (χ2n) is 2.52. The van der Waals surface area contributed by atoms with Crippen LogP contribution in [0.25, 0.3) is 0 Å². The zero-order valence-corrected chi connectivity index (χ0v) is 7.70. The first-order chi connectivity index (χ1) is 6.45. The van der Waals surface area contributed by atoms with Gasteiger partial charge < -0.3 is 0 Å². The van der Waals surface area contributed by atoms with E-state index >= 15 is 0 Å². The summed E-state index contributed by atoms with van der Waals surface area (Å²) in [5, 5.41) is 8.06. The molecule has 0 unspecified atom stereocenters. The predicted molar refractivity (Wildman–Crippen MR) is 50.3 cm³/mol. The van der Waals surface area contributed by atoms with Crippen LogP contribution in [-0.4, -0.2) is 10.3 Å². The van der Waals surface area contributed by atoms with Crippen LogP contribution in [0.4, 0.5) is 0 Å². The molecule has 66 valence electrons.